The van der Waals surface area contributed by atoms with Gasteiger partial charge in [0.05, 0.1) is 22.6 Å². The van der Waals surface area contributed by atoms with Crippen molar-refractivity contribution < 1.29 is 22.9 Å². The monoisotopic (exact) mass is 404 g/mol. The number of sulfone groups is 1. The van der Waals surface area contributed by atoms with E-state index in [2.05, 4.69) is 5.32 Å². The molecule has 0 radical (unpaired) electrons. The van der Waals surface area contributed by atoms with Gasteiger partial charge in [-0.25, -0.2) is 8.42 Å². The molecule has 2 aromatic rings. The average Bonchev–Trinajstić information content (AvgIpc) is 3.20. The van der Waals surface area contributed by atoms with Crippen molar-refractivity contribution in [3.05, 3.63) is 58.6 Å². The maximum Gasteiger partial charge on any atom is 0.271 e. The lowest BCUT2D eigenvalue weighted by Crippen LogP contribution is -2.47. The van der Waals surface area contributed by atoms with Gasteiger partial charge in [-0.1, -0.05) is 31.0 Å². The standard InChI is InChI=1S/C19H20N2O6S/c1-27-17-10-9-14(21(23)24)13-16(17)20-18(22)19(11-5-6-12-19)28(25,26)15-7-3-2-4-8-15/h2-4,7-10,13H,5-6,11-12H2,1H3,(H,20,22). The summed E-state index contributed by atoms with van der Waals surface area (Å²) in [5, 5.41) is 13.6. The number of non-ortho nitro benzene ring substituents is 1. The summed E-state index contributed by atoms with van der Waals surface area (Å²) in [5.41, 5.74) is -0.168. The number of nitro benzene ring substituents is 1. The van der Waals surface area contributed by atoms with Gasteiger partial charge in [0.2, 0.25) is 5.91 Å². The lowest BCUT2D eigenvalue weighted by atomic mass is 10.1. The number of methoxy groups -OCH3 is 1. The third kappa shape index (κ3) is 3.33. The molecular formula is C19H20N2O6S. The Kier molecular flexibility index (Phi) is 5.37. The van der Waals surface area contributed by atoms with Crippen LogP contribution in [0, 0.1) is 10.1 Å². The van der Waals surface area contributed by atoms with Crippen LogP contribution >= 0.6 is 0 Å². The molecule has 0 spiro atoms. The molecule has 2 aromatic carbocycles. The van der Waals surface area contributed by atoms with Crippen LogP contribution in [0.2, 0.25) is 0 Å². The highest BCUT2D eigenvalue weighted by atomic mass is 32.2. The lowest BCUT2D eigenvalue weighted by molar-refractivity contribution is -0.384. The van der Waals surface area contributed by atoms with Gasteiger partial charge in [-0.15, -0.1) is 0 Å². The van der Waals surface area contributed by atoms with Crippen LogP contribution in [-0.4, -0.2) is 31.1 Å². The molecule has 148 valence electrons. The number of ether oxygens (including phenoxy) is 1. The van der Waals surface area contributed by atoms with E-state index in [9.17, 15) is 23.3 Å². The first-order valence-corrected chi connectivity index (χ1v) is 10.2. The van der Waals surface area contributed by atoms with E-state index < -0.39 is 25.4 Å². The fourth-order valence-electron chi connectivity index (χ4n) is 3.53. The number of carbonyl (C=O) groups excluding carboxylic acids is 1. The van der Waals surface area contributed by atoms with E-state index in [1.165, 1.54) is 31.4 Å². The van der Waals surface area contributed by atoms with E-state index in [-0.39, 0.29) is 34.9 Å². The number of rotatable bonds is 6. The summed E-state index contributed by atoms with van der Waals surface area (Å²) in [7, 11) is -2.59. The highest BCUT2D eigenvalue weighted by Crippen LogP contribution is 2.42. The van der Waals surface area contributed by atoms with Gasteiger partial charge in [-0.2, -0.15) is 0 Å². The Labute approximate surface area is 162 Å². The van der Waals surface area contributed by atoms with Crippen molar-refractivity contribution in [2.45, 2.75) is 35.3 Å². The number of nitro groups is 1. The molecule has 0 aliphatic heterocycles. The van der Waals surface area contributed by atoms with Gasteiger partial charge in [0, 0.05) is 12.1 Å². The quantitative estimate of drug-likeness (QED) is 0.583. The fraction of sp³-hybridized carbons (Fsp3) is 0.316. The normalized spacial score (nSPS) is 15.8. The van der Waals surface area contributed by atoms with Crippen LogP contribution in [0.4, 0.5) is 11.4 Å². The summed E-state index contributed by atoms with van der Waals surface area (Å²) in [4.78, 5) is 23.7. The average molecular weight is 404 g/mol. The zero-order valence-corrected chi connectivity index (χ0v) is 16.1. The molecule has 1 aliphatic carbocycles. The molecule has 0 saturated heterocycles. The Balaban J connectivity index is 2.02. The van der Waals surface area contributed by atoms with Gasteiger partial charge in [-0.3, -0.25) is 14.9 Å². The number of anilines is 1. The minimum Gasteiger partial charge on any atom is -0.495 e. The van der Waals surface area contributed by atoms with Crippen LogP contribution < -0.4 is 10.1 Å². The van der Waals surface area contributed by atoms with Crippen molar-refractivity contribution in [1.82, 2.24) is 0 Å². The highest BCUT2D eigenvalue weighted by Gasteiger charge is 2.53. The van der Waals surface area contributed by atoms with E-state index >= 15 is 0 Å². The summed E-state index contributed by atoms with van der Waals surface area (Å²) < 4.78 is 30.2. The second kappa shape index (κ2) is 7.59. The molecule has 1 amide bonds. The molecule has 0 aromatic heterocycles. The largest absolute Gasteiger partial charge is 0.495 e. The van der Waals surface area contributed by atoms with Crippen molar-refractivity contribution in [3.8, 4) is 5.75 Å². The van der Waals surface area contributed by atoms with Crippen molar-refractivity contribution in [3.63, 3.8) is 0 Å². The number of hydrogen-bond acceptors (Lipinski definition) is 6. The van der Waals surface area contributed by atoms with E-state index in [0.717, 1.165) is 6.07 Å². The minimum atomic E-state index is -3.95. The van der Waals surface area contributed by atoms with E-state index in [1.54, 1.807) is 18.2 Å². The summed E-state index contributed by atoms with van der Waals surface area (Å²) in [6.45, 7) is 0. The Morgan fingerprint density at radius 1 is 1.14 bits per heavy atom. The molecular weight excluding hydrogens is 384 g/mol. The second-order valence-corrected chi connectivity index (χ2v) is 8.87. The minimum absolute atomic E-state index is 0.0660. The molecule has 0 bridgehead atoms. The van der Waals surface area contributed by atoms with Gasteiger partial charge in [0.15, 0.2) is 14.6 Å². The van der Waals surface area contributed by atoms with Gasteiger partial charge in [0.25, 0.3) is 5.69 Å². The van der Waals surface area contributed by atoms with Crippen molar-refractivity contribution in [1.29, 1.82) is 0 Å². The predicted molar refractivity (Wildman–Crippen MR) is 103 cm³/mol. The molecule has 0 atom stereocenters. The van der Waals surface area contributed by atoms with Gasteiger partial charge < -0.3 is 10.1 Å². The Bertz CT molecular complexity index is 998. The summed E-state index contributed by atoms with van der Waals surface area (Å²) in [5.74, 6) is -0.489. The van der Waals surface area contributed by atoms with Crippen LogP contribution in [0.1, 0.15) is 25.7 Å². The second-order valence-electron chi connectivity index (χ2n) is 6.61. The molecule has 1 N–H and O–H groups in total. The molecule has 0 unspecified atom stereocenters. The smallest absolute Gasteiger partial charge is 0.271 e. The van der Waals surface area contributed by atoms with Crippen molar-refractivity contribution in [2.24, 2.45) is 0 Å². The highest BCUT2D eigenvalue weighted by molar-refractivity contribution is 7.93. The predicted octanol–water partition coefficient (Wildman–Crippen LogP) is 3.33. The molecule has 0 heterocycles. The lowest BCUT2D eigenvalue weighted by Gasteiger charge is -2.28. The first-order chi connectivity index (χ1) is 13.3. The van der Waals surface area contributed by atoms with Crippen molar-refractivity contribution in [2.75, 3.05) is 12.4 Å². The number of amides is 1. The van der Waals surface area contributed by atoms with Gasteiger partial charge in [-0.05, 0) is 31.0 Å². The Hall–Kier alpha value is -2.94. The number of nitrogens with one attached hydrogen (secondary N) is 1. The summed E-state index contributed by atoms with van der Waals surface area (Å²) in [6, 6.07) is 11.6. The summed E-state index contributed by atoms with van der Waals surface area (Å²) in [6.07, 6.45) is 1.58. The van der Waals surface area contributed by atoms with Gasteiger partial charge >= 0.3 is 0 Å². The Morgan fingerprint density at radius 2 is 1.79 bits per heavy atom. The molecule has 1 aliphatic rings. The molecule has 8 nitrogen and oxygen atoms in total. The number of nitrogens with zero attached hydrogens (tertiary/aromatic N) is 1. The molecule has 28 heavy (non-hydrogen) atoms. The topological polar surface area (TPSA) is 116 Å². The maximum atomic E-state index is 13.3. The van der Waals surface area contributed by atoms with E-state index in [1.807, 2.05) is 0 Å². The fourth-order valence-corrected chi connectivity index (χ4v) is 5.62. The zero-order valence-electron chi connectivity index (χ0n) is 15.3. The molecule has 1 fully saturated rings. The molecule has 3 rings (SSSR count). The maximum absolute atomic E-state index is 13.3. The molecule has 9 heteroatoms. The first kappa shape index (κ1) is 19.8. The van der Waals surface area contributed by atoms with Crippen LogP contribution in [0.25, 0.3) is 0 Å². The number of carbonyl (C=O) groups is 1. The summed E-state index contributed by atoms with van der Waals surface area (Å²) >= 11 is 0. The first-order valence-electron chi connectivity index (χ1n) is 8.75. The number of benzene rings is 2. The third-order valence-electron chi connectivity index (χ3n) is 5.04. The van der Waals surface area contributed by atoms with Gasteiger partial charge in [0.1, 0.15) is 5.75 Å². The number of hydrogen-bond donors (Lipinski definition) is 1. The van der Waals surface area contributed by atoms with Crippen LogP contribution in [0.3, 0.4) is 0 Å². The van der Waals surface area contributed by atoms with Crippen LogP contribution in [0.15, 0.2) is 53.4 Å². The SMILES string of the molecule is COc1ccc([N+](=O)[O-])cc1NC(=O)C1(S(=O)(=O)c2ccccc2)CCCC1. The third-order valence-corrected chi connectivity index (χ3v) is 7.55. The molecule has 1 saturated carbocycles. The zero-order chi connectivity index (χ0) is 20.4. The van der Waals surface area contributed by atoms with Crippen LogP contribution in [-0.2, 0) is 14.6 Å². The van der Waals surface area contributed by atoms with Crippen molar-refractivity contribution >= 4 is 27.1 Å². The van der Waals surface area contributed by atoms with Crippen LogP contribution in [0.5, 0.6) is 5.75 Å². The van der Waals surface area contributed by atoms with E-state index in [0.29, 0.717) is 12.8 Å². The Morgan fingerprint density at radius 3 is 2.36 bits per heavy atom. The van der Waals surface area contributed by atoms with E-state index in [4.69, 9.17) is 4.74 Å².